The summed E-state index contributed by atoms with van der Waals surface area (Å²) < 4.78 is 94.6. The number of halogens is 5. The fourth-order valence-corrected chi connectivity index (χ4v) is 6.12. The van der Waals surface area contributed by atoms with E-state index < -0.39 is 44.0 Å². The van der Waals surface area contributed by atoms with Crippen molar-refractivity contribution in [1.29, 1.82) is 0 Å². The highest BCUT2D eigenvalue weighted by Crippen LogP contribution is 2.38. The molecule has 1 aliphatic rings. The van der Waals surface area contributed by atoms with Crippen LogP contribution in [0, 0.1) is 11.6 Å². The summed E-state index contributed by atoms with van der Waals surface area (Å²) >= 11 is 1.19. The maximum Gasteiger partial charge on any atom is 0.418 e. The van der Waals surface area contributed by atoms with Crippen molar-refractivity contribution < 1.29 is 30.4 Å². The second-order valence-corrected chi connectivity index (χ2v) is 11.3. The average Bonchev–Trinajstić information content (AvgIpc) is 3.33. The van der Waals surface area contributed by atoms with Gasteiger partial charge in [-0.05, 0) is 37.1 Å². The van der Waals surface area contributed by atoms with E-state index in [9.17, 15) is 30.4 Å². The standard InChI is InChI=1S/C23H23F5N4O2S2/c1-31(18-4-6-32(7-5-18)11-15-8-16(24)2-3-20(15)25)21-10-29-22(9-19(21)23(26,27)28)36(33,34)13-17-12-35-14-30-17/h2-3,8-10,12,14,18H,4-7,11,13H2,1H3. The summed E-state index contributed by atoms with van der Waals surface area (Å²) in [6.07, 6.45) is -2.89. The van der Waals surface area contributed by atoms with Gasteiger partial charge in [-0.2, -0.15) is 13.2 Å². The van der Waals surface area contributed by atoms with Crippen LogP contribution >= 0.6 is 11.3 Å². The van der Waals surface area contributed by atoms with Crippen LogP contribution in [0.5, 0.6) is 0 Å². The monoisotopic (exact) mass is 546 g/mol. The summed E-state index contributed by atoms with van der Waals surface area (Å²) in [5, 5.41) is 0.853. The zero-order chi connectivity index (χ0) is 26.1. The molecule has 0 N–H and O–H groups in total. The van der Waals surface area contributed by atoms with E-state index in [0.717, 1.165) is 24.4 Å². The van der Waals surface area contributed by atoms with Crippen molar-refractivity contribution in [2.24, 2.45) is 0 Å². The van der Waals surface area contributed by atoms with Gasteiger partial charge in [0.15, 0.2) is 5.03 Å². The molecule has 1 aromatic carbocycles. The molecule has 4 rings (SSSR count). The van der Waals surface area contributed by atoms with Crippen LogP contribution in [-0.4, -0.2) is 49.5 Å². The Kier molecular flexibility index (Phi) is 7.62. The van der Waals surface area contributed by atoms with Crippen molar-refractivity contribution in [3.8, 4) is 0 Å². The summed E-state index contributed by atoms with van der Waals surface area (Å²) in [7, 11) is -2.61. The van der Waals surface area contributed by atoms with E-state index in [1.807, 2.05) is 4.90 Å². The Morgan fingerprint density at radius 1 is 1.14 bits per heavy atom. The molecule has 6 nitrogen and oxygen atoms in total. The van der Waals surface area contributed by atoms with E-state index in [0.29, 0.717) is 32.0 Å². The number of rotatable bonds is 7. The Labute approximate surface area is 209 Å². The molecule has 1 aliphatic heterocycles. The van der Waals surface area contributed by atoms with Crippen molar-refractivity contribution in [1.82, 2.24) is 14.9 Å². The van der Waals surface area contributed by atoms with Gasteiger partial charge < -0.3 is 4.90 Å². The minimum atomic E-state index is -4.80. The van der Waals surface area contributed by atoms with Crippen LogP contribution in [0.3, 0.4) is 0 Å². The molecule has 0 bridgehead atoms. The number of piperidine rings is 1. The van der Waals surface area contributed by atoms with Crippen molar-refractivity contribution >= 4 is 26.9 Å². The predicted octanol–water partition coefficient (Wildman–Crippen LogP) is 4.91. The van der Waals surface area contributed by atoms with Crippen LogP contribution in [0.15, 0.2) is 46.4 Å². The summed E-state index contributed by atoms with van der Waals surface area (Å²) in [6, 6.07) is 3.55. The van der Waals surface area contributed by atoms with Gasteiger partial charge in [0.1, 0.15) is 11.6 Å². The predicted molar refractivity (Wildman–Crippen MR) is 125 cm³/mol. The third-order valence-electron chi connectivity index (χ3n) is 6.19. The van der Waals surface area contributed by atoms with Gasteiger partial charge in [-0.3, -0.25) is 4.90 Å². The lowest BCUT2D eigenvalue weighted by atomic mass is 10.0. The molecule has 1 saturated heterocycles. The second kappa shape index (κ2) is 10.4. The summed E-state index contributed by atoms with van der Waals surface area (Å²) in [6.45, 7) is 1.14. The molecule has 36 heavy (non-hydrogen) atoms. The molecule has 1 fully saturated rings. The van der Waals surface area contributed by atoms with Gasteiger partial charge in [0, 0.05) is 43.7 Å². The van der Waals surface area contributed by atoms with Gasteiger partial charge in [0.25, 0.3) is 0 Å². The van der Waals surface area contributed by atoms with Gasteiger partial charge >= 0.3 is 6.18 Å². The number of thiazole rings is 1. The molecule has 13 heteroatoms. The van der Waals surface area contributed by atoms with Gasteiger partial charge in [-0.15, -0.1) is 11.3 Å². The van der Waals surface area contributed by atoms with E-state index in [2.05, 4.69) is 9.97 Å². The second-order valence-electron chi connectivity index (χ2n) is 8.63. The van der Waals surface area contributed by atoms with Crippen LogP contribution in [0.2, 0.25) is 0 Å². The molecule has 0 unspecified atom stereocenters. The smallest absolute Gasteiger partial charge is 0.370 e. The van der Waals surface area contributed by atoms with Crippen LogP contribution in [-0.2, 0) is 28.3 Å². The topological polar surface area (TPSA) is 66.4 Å². The van der Waals surface area contributed by atoms with Crippen molar-refractivity contribution in [2.45, 2.75) is 42.4 Å². The number of likely N-dealkylation sites (tertiary alicyclic amines) is 1. The first-order valence-electron chi connectivity index (χ1n) is 11.0. The first-order valence-corrected chi connectivity index (χ1v) is 13.6. The molecule has 3 heterocycles. The number of hydrogen-bond donors (Lipinski definition) is 0. The molecular weight excluding hydrogens is 523 g/mol. The normalized spacial score (nSPS) is 15.8. The van der Waals surface area contributed by atoms with Crippen molar-refractivity contribution in [3.63, 3.8) is 0 Å². The van der Waals surface area contributed by atoms with Gasteiger partial charge in [0.05, 0.1) is 34.4 Å². The fourth-order valence-electron chi connectivity index (χ4n) is 4.25. The summed E-state index contributed by atoms with van der Waals surface area (Å²) in [4.78, 5) is 11.1. The fraction of sp³-hybridized carbons (Fsp3) is 0.391. The molecule has 0 spiro atoms. The third kappa shape index (κ3) is 6.01. The first kappa shape index (κ1) is 26.4. The van der Waals surface area contributed by atoms with E-state index in [-0.39, 0.29) is 29.5 Å². The van der Waals surface area contributed by atoms with Gasteiger partial charge in [-0.25, -0.2) is 27.2 Å². The van der Waals surface area contributed by atoms with E-state index >= 15 is 0 Å². The van der Waals surface area contributed by atoms with Crippen LogP contribution in [0.25, 0.3) is 0 Å². The molecule has 0 radical (unpaired) electrons. The Balaban J connectivity index is 1.50. The zero-order valence-electron chi connectivity index (χ0n) is 19.2. The number of benzene rings is 1. The molecule has 2 aromatic heterocycles. The minimum absolute atomic E-state index is 0.195. The van der Waals surface area contributed by atoms with Gasteiger partial charge in [-0.1, -0.05) is 0 Å². The van der Waals surface area contributed by atoms with E-state index in [1.165, 1.54) is 34.2 Å². The maximum atomic E-state index is 14.0. The number of alkyl halides is 3. The molecular formula is C23H23F5N4O2S2. The Morgan fingerprint density at radius 3 is 2.50 bits per heavy atom. The quantitative estimate of drug-likeness (QED) is 0.393. The lowest BCUT2D eigenvalue weighted by Gasteiger charge is -2.38. The number of hydrogen-bond acceptors (Lipinski definition) is 7. The van der Waals surface area contributed by atoms with Crippen LogP contribution in [0.4, 0.5) is 27.6 Å². The highest BCUT2D eigenvalue weighted by molar-refractivity contribution is 7.90. The number of nitrogens with zero attached hydrogens (tertiary/aromatic N) is 4. The molecule has 0 saturated carbocycles. The first-order chi connectivity index (χ1) is 16.9. The number of sulfone groups is 1. The SMILES string of the molecule is CN(c1cnc(S(=O)(=O)Cc2cscn2)cc1C(F)(F)F)C1CCN(Cc2cc(F)ccc2F)CC1. The number of aromatic nitrogens is 2. The van der Waals surface area contributed by atoms with Crippen molar-refractivity contribution in [3.05, 3.63) is 69.8 Å². The Bertz CT molecular complexity index is 1310. The van der Waals surface area contributed by atoms with Gasteiger partial charge in [0.2, 0.25) is 9.84 Å². The largest absolute Gasteiger partial charge is 0.418 e. The lowest BCUT2D eigenvalue weighted by molar-refractivity contribution is -0.137. The zero-order valence-corrected chi connectivity index (χ0v) is 20.8. The van der Waals surface area contributed by atoms with Crippen LogP contribution in [0.1, 0.15) is 29.7 Å². The average molecular weight is 547 g/mol. The molecule has 0 aliphatic carbocycles. The Hall–Kier alpha value is -2.64. The molecule has 0 atom stereocenters. The van der Waals surface area contributed by atoms with E-state index in [1.54, 1.807) is 0 Å². The molecule has 0 amide bonds. The van der Waals surface area contributed by atoms with Crippen LogP contribution < -0.4 is 4.90 Å². The summed E-state index contributed by atoms with van der Waals surface area (Å²) in [5.41, 5.74) is 0.601. The molecule has 194 valence electrons. The van der Waals surface area contributed by atoms with E-state index in [4.69, 9.17) is 0 Å². The van der Waals surface area contributed by atoms with Crippen molar-refractivity contribution in [2.75, 3.05) is 25.0 Å². The number of pyridine rings is 1. The number of anilines is 1. The lowest BCUT2D eigenvalue weighted by Crippen LogP contribution is -2.43. The molecule has 3 aromatic rings. The maximum absolute atomic E-state index is 14.0. The third-order valence-corrected chi connectivity index (χ3v) is 8.36. The Morgan fingerprint density at radius 2 is 1.86 bits per heavy atom. The minimum Gasteiger partial charge on any atom is -0.370 e. The highest BCUT2D eigenvalue weighted by Gasteiger charge is 2.38. The summed E-state index contributed by atoms with van der Waals surface area (Å²) in [5.74, 6) is -1.59. The highest BCUT2D eigenvalue weighted by atomic mass is 32.2.